The molecular formula is C10H15N3OS. The van der Waals surface area contributed by atoms with Gasteiger partial charge in [-0.2, -0.15) is 0 Å². The normalized spacial score (nSPS) is 29.4. The SMILES string of the molecule is CC1Sc2c(N)ccc(N)c2OC1(C)N. The van der Waals surface area contributed by atoms with Gasteiger partial charge in [-0.3, -0.25) is 5.73 Å². The van der Waals surface area contributed by atoms with Crippen molar-refractivity contribution >= 4 is 23.1 Å². The minimum Gasteiger partial charge on any atom is -0.469 e. The van der Waals surface area contributed by atoms with Crippen molar-refractivity contribution < 1.29 is 4.74 Å². The molecule has 5 heteroatoms. The lowest BCUT2D eigenvalue weighted by atomic mass is 10.2. The third-order valence-corrected chi connectivity index (χ3v) is 4.08. The highest BCUT2D eigenvalue weighted by Gasteiger charge is 2.37. The average molecular weight is 225 g/mol. The average Bonchev–Trinajstić information content (AvgIpc) is 2.15. The standard InChI is InChI=1S/C10H15N3OS/c1-5-10(2,13)14-8-6(11)3-4-7(12)9(8)15-5/h3-5H,11-13H2,1-2H3. The Morgan fingerprint density at radius 3 is 2.60 bits per heavy atom. The van der Waals surface area contributed by atoms with E-state index >= 15 is 0 Å². The molecule has 2 atom stereocenters. The van der Waals surface area contributed by atoms with Gasteiger partial charge in [0.25, 0.3) is 0 Å². The summed E-state index contributed by atoms with van der Waals surface area (Å²) in [6.07, 6.45) is 0. The summed E-state index contributed by atoms with van der Waals surface area (Å²) in [4.78, 5) is 0.894. The predicted molar refractivity (Wildman–Crippen MR) is 63.8 cm³/mol. The lowest BCUT2D eigenvalue weighted by molar-refractivity contribution is 0.0902. The van der Waals surface area contributed by atoms with E-state index in [2.05, 4.69) is 0 Å². The molecule has 1 aromatic carbocycles. The third-order valence-electron chi connectivity index (χ3n) is 2.60. The van der Waals surface area contributed by atoms with Crippen LogP contribution < -0.4 is 21.9 Å². The van der Waals surface area contributed by atoms with E-state index in [9.17, 15) is 0 Å². The molecule has 0 saturated carbocycles. The van der Waals surface area contributed by atoms with Gasteiger partial charge in [0.2, 0.25) is 0 Å². The molecule has 0 aliphatic carbocycles. The number of ether oxygens (including phenoxy) is 1. The van der Waals surface area contributed by atoms with Crippen LogP contribution in [-0.2, 0) is 0 Å². The van der Waals surface area contributed by atoms with Crippen LogP contribution >= 0.6 is 11.8 Å². The highest BCUT2D eigenvalue weighted by Crippen LogP contribution is 2.47. The maximum Gasteiger partial charge on any atom is 0.167 e. The lowest BCUT2D eigenvalue weighted by Crippen LogP contribution is -2.52. The highest BCUT2D eigenvalue weighted by atomic mass is 32.2. The zero-order chi connectivity index (χ0) is 11.2. The van der Waals surface area contributed by atoms with Gasteiger partial charge in [0, 0.05) is 5.69 Å². The van der Waals surface area contributed by atoms with E-state index in [0.717, 1.165) is 4.90 Å². The summed E-state index contributed by atoms with van der Waals surface area (Å²) in [7, 11) is 0. The Hall–Kier alpha value is -1.07. The number of benzene rings is 1. The predicted octanol–water partition coefficient (Wildman–Crippen LogP) is 1.40. The zero-order valence-electron chi connectivity index (χ0n) is 8.78. The Morgan fingerprint density at radius 1 is 1.33 bits per heavy atom. The van der Waals surface area contributed by atoms with Crippen molar-refractivity contribution in [1.82, 2.24) is 0 Å². The molecule has 0 saturated heterocycles. The van der Waals surface area contributed by atoms with Gasteiger partial charge >= 0.3 is 0 Å². The summed E-state index contributed by atoms with van der Waals surface area (Å²) in [5.74, 6) is 0.614. The Morgan fingerprint density at radius 2 is 1.93 bits per heavy atom. The van der Waals surface area contributed by atoms with Crippen molar-refractivity contribution in [3.05, 3.63) is 12.1 Å². The molecule has 15 heavy (non-hydrogen) atoms. The summed E-state index contributed by atoms with van der Waals surface area (Å²) in [5.41, 5.74) is 18.3. The van der Waals surface area contributed by atoms with Crippen LogP contribution in [0.15, 0.2) is 17.0 Å². The van der Waals surface area contributed by atoms with Crippen LogP contribution in [0.3, 0.4) is 0 Å². The molecule has 0 amide bonds. The molecule has 0 aromatic heterocycles. The van der Waals surface area contributed by atoms with Gasteiger partial charge in [-0.1, -0.05) is 0 Å². The number of rotatable bonds is 0. The van der Waals surface area contributed by atoms with Gasteiger partial charge in [-0.15, -0.1) is 11.8 Å². The highest BCUT2D eigenvalue weighted by molar-refractivity contribution is 8.00. The Balaban J connectivity index is 2.54. The summed E-state index contributed by atoms with van der Waals surface area (Å²) < 4.78 is 5.70. The van der Waals surface area contributed by atoms with Crippen molar-refractivity contribution in [3.63, 3.8) is 0 Å². The largest absolute Gasteiger partial charge is 0.469 e. The van der Waals surface area contributed by atoms with Crippen LogP contribution in [0.5, 0.6) is 5.75 Å². The van der Waals surface area contributed by atoms with Crippen molar-refractivity contribution in [2.75, 3.05) is 11.5 Å². The molecule has 0 bridgehead atoms. The summed E-state index contributed by atoms with van der Waals surface area (Å²) in [6.45, 7) is 3.85. The number of nitrogen functional groups attached to an aromatic ring is 2. The maximum atomic E-state index is 6.02. The van der Waals surface area contributed by atoms with Gasteiger partial charge in [0.05, 0.1) is 15.8 Å². The number of hydrogen-bond acceptors (Lipinski definition) is 5. The Labute approximate surface area is 93.1 Å². The summed E-state index contributed by atoms with van der Waals surface area (Å²) in [5, 5.41) is 0.133. The monoisotopic (exact) mass is 225 g/mol. The van der Waals surface area contributed by atoms with E-state index in [0.29, 0.717) is 17.1 Å². The fraction of sp³-hybridized carbons (Fsp3) is 0.400. The van der Waals surface area contributed by atoms with E-state index in [1.165, 1.54) is 0 Å². The van der Waals surface area contributed by atoms with Crippen LogP contribution in [0.4, 0.5) is 11.4 Å². The molecule has 1 aromatic rings. The maximum absolute atomic E-state index is 6.02. The van der Waals surface area contributed by atoms with E-state index in [1.807, 2.05) is 13.8 Å². The minimum absolute atomic E-state index is 0.133. The number of hydrogen-bond donors (Lipinski definition) is 3. The fourth-order valence-electron chi connectivity index (χ4n) is 1.42. The summed E-state index contributed by atoms with van der Waals surface area (Å²) >= 11 is 1.60. The fourth-order valence-corrected chi connectivity index (χ4v) is 2.52. The molecule has 2 rings (SSSR count). The topological polar surface area (TPSA) is 87.3 Å². The molecule has 4 nitrogen and oxygen atoms in total. The Kier molecular flexibility index (Phi) is 2.24. The molecule has 0 fully saturated rings. The van der Waals surface area contributed by atoms with Gasteiger partial charge in [0.15, 0.2) is 11.5 Å². The number of fused-ring (bicyclic) bond motifs is 1. The number of anilines is 2. The molecule has 0 spiro atoms. The molecule has 1 heterocycles. The van der Waals surface area contributed by atoms with E-state index in [1.54, 1.807) is 23.9 Å². The first-order chi connectivity index (χ1) is 6.92. The third kappa shape index (κ3) is 1.61. The van der Waals surface area contributed by atoms with Crippen molar-refractivity contribution in [2.45, 2.75) is 29.7 Å². The van der Waals surface area contributed by atoms with Gasteiger partial charge in [-0.25, -0.2) is 0 Å². The molecule has 0 radical (unpaired) electrons. The van der Waals surface area contributed by atoms with E-state index in [4.69, 9.17) is 21.9 Å². The van der Waals surface area contributed by atoms with Crippen molar-refractivity contribution in [3.8, 4) is 5.75 Å². The van der Waals surface area contributed by atoms with Gasteiger partial charge in [-0.05, 0) is 26.0 Å². The van der Waals surface area contributed by atoms with Crippen LogP contribution in [0, 0.1) is 0 Å². The first-order valence-corrected chi connectivity index (χ1v) is 5.62. The minimum atomic E-state index is -0.709. The second-order valence-corrected chi connectivity index (χ2v) is 5.30. The quantitative estimate of drug-likeness (QED) is 0.581. The van der Waals surface area contributed by atoms with Crippen molar-refractivity contribution in [1.29, 1.82) is 0 Å². The van der Waals surface area contributed by atoms with E-state index < -0.39 is 5.72 Å². The Bertz CT molecular complexity index is 406. The second-order valence-electron chi connectivity index (χ2n) is 3.95. The first-order valence-electron chi connectivity index (χ1n) is 4.74. The zero-order valence-corrected chi connectivity index (χ0v) is 9.60. The molecule has 6 N–H and O–H groups in total. The van der Waals surface area contributed by atoms with E-state index in [-0.39, 0.29) is 5.25 Å². The number of thioether (sulfide) groups is 1. The second kappa shape index (κ2) is 3.21. The number of nitrogens with two attached hydrogens (primary N) is 3. The molecule has 82 valence electrons. The van der Waals surface area contributed by atoms with Gasteiger partial charge in [0.1, 0.15) is 0 Å². The molecular weight excluding hydrogens is 210 g/mol. The lowest BCUT2D eigenvalue weighted by Gasteiger charge is -2.38. The molecule has 1 aliphatic heterocycles. The molecule has 2 unspecified atom stereocenters. The van der Waals surface area contributed by atoms with Crippen LogP contribution in [-0.4, -0.2) is 11.0 Å². The van der Waals surface area contributed by atoms with Crippen LogP contribution in [0.25, 0.3) is 0 Å². The molecule has 1 aliphatic rings. The smallest absolute Gasteiger partial charge is 0.167 e. The van der Waals surface area contributed by atoms with Crippen molar-refractivity contribution in [2.24, 2.45) is 5.73 Å². The van der Waals surface area contributed by atoms with Crippen LogP contribution in [0.1, 0.15) is 13.8 Å². The summed E-state index contributed by atoms with van der Waals surface area (Å²) in [6, 6.07) is 3.53. The van der Waals surface area contributed by atoms with Crippen LogP contribution in [0.2, 0.25) is 0 Å². The van der Waals surface area contributed by atoms with Gasteiger partial charge < -0.3 is 16.2 Å². The first kappa shape index (κ1) is 10.4.